The van der Waals surface area contributed by atoms with Gasteiger partial charge in [0.2, 0.25) is 0 Å². The van der Waals surface area contributed by atoms with E-state index in [1.807, 2.05) is 41.2 Å². The van der Waals surface area contributed by atoms with Crippen LogP contribution in [0.25, 0.3) is 0 Å². The minimum absolute atomic E-state index is 0.0151. The van der Waals surface area contributed by atoms with Crippen molar-refractivity contribution in [3.63, 3.8) is 0 Å². The first-order chi connectivity index (χ1) is 12.5. The molecule has 26 heavy (non-hydrogen) atoms. The van der Waals surface area contributed by atoms with Gasteiger partial charge in [0, 0.05) is 28.3 Å². The van der Waals surface area contributed by atoms with Crippen molar-refractivity contribution in [1.82, 2.24) is 0 Å². The quantitative estimate of drug-likeness (QED) is 0.676. The molecule has 0 saturated heterocycles. The molecule has 2 N–H and O–H groups in total. The van der Waals surface area contributed by atoms with Crippen molar-refractivity contribution in [2.45, 2.75) is 6.54 Å². The predicted octanol–water partition coefficient (Wildman–Crippen LogP) is 3.63. The van der Waals surface area contributed by atoms with E-state index in [0.717, 1.165) is 5.56 Å². The Morgan fingerprint density at radius 2 is 1.77 bits per heavy atom. The third kappa shape index (κ3) is 4.26. The molecular weight excluding hydrogens is 352 g/mol. The van der Waals surface area contributed by atoms with Gasteiger partial charge in [0.1, 0.15) is 0 Å². The Morgan fingerprint density at radius 3 is 2.50 bits per heavy atom. The summed E-state index contributed by atoms with van der Waals surface area (Å²) in [5, 5.41) is 12.2. The zero-order valence-corrected chi connectivity index (χ0v) is 14.5. The van der Waals surface area contributed by atoms with Crippen LogP contribution in [0.2, 0.25) is 5.02 Å². The smallest absolute Gasteiger partial charge is 0.337 e. The van der Waals surface area contributed by atoms with Gasteiger partial charge < -0.3 is 10.4 Å². The maximum absolute atomic E-state index is 12.6. The molecule has 0 unspecified atom stereocenters. The van der Waals surface area contributed by atoms with Crippen molar-refractivity contribution in [3.05, 3.63) is 94.8 Å². The van der Waals surface area contributed by atoms with Gasteiger partial charge in [-0.1, -0.05) is 29.8 Å². The average Bonchev–Trinajstić information content (AvgIpc) is 2.62. The number of aromatic nitrogens is 1. The van der Waals surface area contributed by atoms with Gasteiger partial charge in [-0.05, 0) is 30.3 Å². The second-order valence-electron chi connectivity index (χ2n) is 5.70. The summed E-state index contributed by atoms with van der Waals surface area (Å²) in [6.45, 7) is 0.625. The summed E-state index contributed by atoms with van der Waals surface area (Å²) in [6.07, 6.45) is 3.88. The normalized spacial score (nSPS) is 10.3. The summed E-state index contributed by atoms with van der Waals surface area (Å²) in [4.78, 5) is 23.9. The van der Waals surface area contributed by atoms with Gasteiger partial charge in [-0.15, -0.1) is 0 Å². The largest absolute Gasteiger partial charge is 0.478 e. The van der Waals surface area contributed by atoms with Crippen molar-refractivity contribution in [2.24, 2.45) is 0 Å². The Labute approximate surface area is 155 Å². The number of carbonyl (C=O) groups is 2. The molecule has 2 aromatic carbocycles. The zero-order chi connectivity index (χ0) is 18.5. The van der Waals surface area contributed by atoms with Gasteiger partial charge in [-0.2, -0.15) is 0 Å². The van der Waals surface area contributed by atoms with Crippen LogP contribution in [0.4, 0.5) is 5.69 Å². The van der Waals surface area contributed by atoms with Gasteiger partial charge in [0.05, 0.1) is 11.3 Å². The number of rotatable bonds is 5. The third-order valence-electron chi connectivity index (χ3n) is 3.79. The van der Waals surface area contributed by atoms with Crippen molar-refractivity contribution in [1.29, 1.82) is 0 Å². The molecule has 0 radical (unpaired) electrons. The van der Waals surface area contributed by atoms with Crippen LogP contribution in [0.5, 0.6) is 0 Å². The Bertz CT molecular complexity index is 958. The number of nitrogens with one attached hydrogen (secondary N) is 1. The number of hydrogen-bond acceptors (Lipinski definition) is 2. The maximum atomic E-state index is 12.6. The summed E-state index contributed by atoms with van der Waals surface area (Å²) in [6, 6.07) is 17.2. The SMILES string of the molecule is O=C(Nc1cc(Cl)ccc1C(=O)O)c1cccc(C[n+]2ccccc2)c1. The van der Waals surface area contributed by atoms with E-state index < -0.39 is 11.9 Å². The number of carboxylic acid groups (broad SMARTS) is 1. The monoisotopic (exact) mass is 367 g/mol. The molecular formula is C20H16ClN2O3+. The lowest BCUT2D eigenvalue weighted by Gasteiger charge is -2.09. The van der Waals surface area contributed by atoms with E-state index in [9.17, 15) is 14.7 Å². The number of benzene rings is 2. The van der Waals surface area contributed by atoms with Gasteiger partial charge >= 0.3 is 5.97 Å². The summed E-state index contributed by atoms with van der Waals surface area (Å²) in [7, 11) is 0. The number of carboxylic acids is 1. The van der Waals surface area contributed by atoms with E-state index in [4.69, 9.17) is 11.6 Å². The van der Waals surface area contributed by atoms with Crippen LogP contribution in [0.1, 0.15) is 26.3 Å². The molecule has 0 atom stereocenters. The number of aromatic carboxylic acids is 1. The van der Waals surface area contributed by atoms with E-state index in [1.165, 1.54) is 18.2 Å². The molecule has 0 fully saturated rings. The summed E-state index contributed by atoms with van der Waals surface area (Å²) in [5.41, 5.74) is 1.55. The fraction of sp³-hybridized carbons (Fsp3) is 0.0500. The molecule has 1 aromatic heterocycles. The number of hydrogen-bond donors (Lipinski definition) is 2. The van der Waals surface area contributed by atoms with E-state index >= 15 is 0 Å². The molecule has 0 spiro atoms. The van der Waals surface area contributed by atoms with E-state index in [0.29, 0.717) is 17.1 Å². The standard InChI is InChI=1S/C20H15ClN2O3/c21-16-7-8-17(20(25)26)18(12-16)22-19(24)15-6-4-5-14(11-15)13-23-9-2-1-3-10-23/h1-12H,13H2,(H-,22,24,25,26)/p+1. The van der Waals surface area contributed by atoms with Crippen LogP contribution in [0.15, 0.2) is 73.1 Å². The fourth-order valence-electron chi connectivity index (χ4n) is 2.56. The molecule has 0 bridgehead atoms. The highest BCUT2D eigenvalue weighted by Gasteiger charge is 2.15. The van der Waals surface area contributed by atoms with Crippen molar-refractivity contribution in [2.75, 3.05) is 5.32 Å². The Morgan fingerprint density at radius 1 is 1.00 bits per heavy atom. The second kappa shape index (κ2) is 7.80. The Hall–Kier alpha value is -3.18. The van der Waals surface area contributed by atoms with E-state index in [1.54, 1.807) is 18.2 Å². The zero-order valence-electron chi connectivity index (χ0n) is 13.7. The second-order valence-corrected chi connectivity index (χ2v) is 6.13. The molecule has 6 heteroatoms. The molecule has 3 aromatic rings. The molecule has 130 valence electrons. The lowest BCUT2D eigenvalue weighted by atomic mass is 10.1. The van der Waals surface area contributed by atoms with E-state index in [-0.39, 0.29) is 11.3 Å². The minimum Gasteiger partial charge on any atom is -0.478 e. The van der Waals surface area contributed by atoms with Gasteiger partial charge in [0.25, 0.3) is 5.91 Å². The highest BCUT2D eigenvalue weighted by Crippen LogP contribution is 2.22. The van der Waals surface area contributed by atoms with Crippen LogP contribution >= 0.6 is 11.6 Å². The highest BCUT2D eigenvalue weighted by molar-refractivity contribution is 6.31. The summed E-state index contributed by atoms with van der Waals surface area (Å²) >= 11 is 5.92. The molecule has 1 heterocycles. The van der Waals surface area contributed by atoms with Crippen LogP contribution in [-0.4, -0.2) is 17.0 Å². The van der Waals surface area contributed by atoms with Gasteiger partial charge in [0.15, 0.2) is 18.9 Å². The number of carbonyl (C=O) groups excluding carboxylic acids is 1. The van der Waals surface area contributed by atoms with Crippen molar-refractivity contribution in [3.8, 4) is 0 Å². The first kappa shape index (κ1) is 17.6. The maximum Gasteiger partial charge on any atom is 0.337 e. The third-order valence-corrected chi connectivity index (χ3v) is 4.03. The van der Waals surface area contributed by atoms with Crippen LogP contribution in [0.3, 0.4) is 0 Å². The molecule has 3 rings (SSSR count). The number of anilines is 1. The number of pyridine rings is 1. The first-order valence-electron chi connectivity index (χ1n) is 7.90. The Balaban J connectivity index is 1.82. The van der Waals surface area contributed by atoms with E-state index in [2.05, 4.69) is 5.32 Å². The van der Waals surface area contributed by atoms with Gasteiger partial charge in [-0.25, -0.2) is 9.36 Å². The highest BCUT2D eigenvalue weighted by atomic mass is 35.5. The van der Waals surface area contributed by atoms with Crippen LogP contribution < -0.4 is 9.88 Å². The first-order valence-corrected chi connectivity index (χ1v) is 8.28. The number of nitrogens with zero attached hydrogens (tertiary/aromatic N) is 1. The molecule has 5 nitrogen and oxygen atoms in total. The number of amides is 1. The molecule has 0 aliphatic rings. The summed E-state index contributed by atoms with van der Waals surface area (Å²) in [5.74, 6) is -1.53. The van der Waals surface area contributed by atoms with Crippen molar-refractivity contribution < 1.29 is 19.3 Å². The average molecular weight is 368 g/mol. The number of halogens is 1. The predicted molar refractivity (Wildman–Crippen MR) is 98.5 cm³/mol. The van der Waals surface area contributed by atoms with Crippen molar-refractivity contribution >= 4 is 29.2 Å². The van der Waals surface area contributed by atoms with Crippen LogP contribution in [-0.2, 0) is 6.54 Å². The molecule has 0 saturated carbocycles. The molecule has 0 aliphatic carbocycles. The fourth-order valence-corrected chi connectivity index (χ4v) is 2.73. The lowest BCUT2D eigenvalue weighted by molar-refractivity contribution is -0.688. The topological polar surface area (TPSA) is 70.3 Å². The van der Waals surface area contributed by atoms with Gasteiger partial charge in [-0.3, -0.25) is 4.79 Å². The lowest BCUT2D eigenvalue weighted by Crippen LogP contribution is -2.32. The van der Waals surface area contributed by atoms with Crippen LogP contribution in [0, 0.1) is 0 Å². The molecule has 1 amide bonds. The molecule has 0 aliphatic heterocycles. The minimum atomic E-state index is -1.13. The Kier molecular flexibility index (Phi) is 5.29. The summed E-state index contributed by atoms with van der Waals surface area (Å²) < 4.78 is 2.00.